The van der Waals surface area contributed by atoms with E-state index in [4.69, 9.17) is 15.0 Å². The molecule has 2 N–H and O–H groups in total. The van der Waals surface area contributed by atoms with Crippen LogP contribution < -0.4 is 10.5 Å². The first kappa shape index (κ1) is 15.0. The lowest BCUT2D eigenvalue weighted by Gasteiger charge is -2.13. The number of ether oxygens (including phenoxy) is 1. The standard InChI is InChI=1S/C17H23N3O2/c1-12-19-17(22-20-12)16(10-18)14-6-8-15(9-7-14)21-11-13-4-2-3-5-13/h6-9,13,16H,2-5,10-11,18H2,1H3. The highest BCUT2D eigenvalue weighted by Gasteiger charge is 2.19. The van der Waals surface area contributed by atoms with Crippen LogP contribution in [0, 0.1) is 12.8 Å². The van der Waals surface area contributed by atoms with Crippen LogP contribution in [0.5, 0.6) is 5.75 Å². The fraction of sp³-hybridized carbons (Fsp3) is 0.529. The molecule has 1 heterocycles. The van der Waals surface area contributed by atoms with Crippen LogP contribution in [0.2, 0.25) is 0 Å². The number of hydrogen-bond acceptors (Lipinski definition) is 5. The van der Waals surface area contributed by atoms with Gasteiger partial charge in [0.05, 0.1) is 12.5 Å². The van der Waals surface area contributed by atoms with Gasteiger partial charge in [0.2, 0.25) is 5.89 Å². The smallest absolute Gasteiger partial charge is 0.235 e. The van der Waals surface area contributed by atoms with Crippen LogP contribution in [0.15, 0.2) is 28.8 Å². The van der Waals surface area contributed by atoms with Gasteiger partial charge in [0, 0.05) is 6.54 Å². The van der Waals surface area contributed by atoms with Gasteiger partial charge in [-0.25, -0.2) is 0 Å². The zero-order valence-corrected chi connectivity index (χ0v) is 13.0. The number of aromatic nitrogens is 2. The third-order valence-corrected chi connectivity index (χ3v) is 4.32. The molecule has 22 heavy (non-hydrogen) atoms. The molecule has 0 amide bonds. The predicted octanol–water partition coefficient (Wildman–Crippen LogP) is 3.04. The predicted molar refractivity (Wildman–Crippen MR) is 83.8 cm³/mol. The fourth-order valence-corrected chi connectivity index (χ4v) is 3.02. The third kappa shape index (κ3) is 3.47. The molecule has 1 atom stereocenters. The number of nitrogens with zero attached hydrogens (tertiary/aromatic N) is 2. The average Bonchev–Trinajstić information content (AvgIpc) is 3.19. The van der Waals surface area contributed by atoms with Gasteiger partial charge in [0.25, 0.3) is 0 Å². The van der Waals surface area contributed by atoms with Crippen molar-refractivity contribution >= 4 is 0 Å². The van der Waals surface area contributed by atoms with Crippen molar-refractivity contribution in [3.05, 3.63) is 41.5 Å². The van der Waals surface area contributed by atoms with E-state index in [0.717, 1.165) is 23.8 Å². The quantitative estimate of drug-likeness (QED) is 0.887. The van der Waals surface area contributed by atoms with Gasteiger partial charge in [-0.15, -0.1) is 0 Å². The molecule has 1 aliphatic rings. The van der Waals surface area contributed by atoms with E-state index in [0.29, 0.717) is 18.3 Å². The van der Waals surface area contributed by atoms with E-state index in [9.17, 15) is 0 Å². The van der Waals surface area contributed by atoms with Crippen molar-refractivity contribution in [3.8, 4) is 5.75 Å². The number of nitrogens with two attached hydrogens (primary N) is 1. The first-order valence-electron chi connectivity index (χ1n) is 7.99. The summed E-state index contributed by atoms with van der Waals surface area (Å²) < 4.78 is 11.1. The van der Waals surface area contributed by atoms with Crippen molar-refractivity contribution in [1.82, 2.24) is 10.1 Å². The molecular weight excluding hydrogens is 278 g/mol. The van der Waals surface area contributed by atoms with E-state index in [-0.39, 0.29) is 5.92 Å². The number of benzene rings is 1. The second-order valence-electron chi connectivity index (χ2n) is 6.00. The first-order chi connectivity index (χ1) is 10.8. The monoisotopic (exact) mass is 301 g/mol. The van der Waals surface area contributed by atoms with Crippen molar-refractivity contribution in [3.63, 3.8) is 0 Å². The zero-order chi connectivity index (χ0) is 15.4. The average molecular weight is 301 g/mol. The van der Waals surface area contributed by atoms with Gasteiger partial charge in [0.15, 0.2) is 5.82 Å². The minimum absolute atomic E-state index is 0.0647. The Labute approximate surface area is 130 Å². The van der Waals surface area contributed by atoms with E-state index in [2.05, 4.69) is 10.1 Å². The maximum atomic E-state index is 5.89. The number of rotatable bonds is 6. The summed E-state index contributed by atoms with van der Waals surface area (Å²) in [6.07, 6.45) is 5.27. The number of aryl methyl sites for hydroxylation is 1. The van der Waals surface area contributed by atoms with Gasteiger partial charge in [-0.3, -0.25) is 0 Å². The molecule has 3 rings (SSSR count). The van der Waals surface area contributed by atoms with E-state index < -0.39 is 0 Å². The molecule has 1 aromatic heterocycles. The molecule has 118 valence electrons. The Bertz CT molecular complexity index is 588. The molecule has 0 saturated heterocycles. The van der Waals surface area contributed by atoms with Crippen molar-refractivity contribution < 1.29 is 9.26 Å². The maximum absolute atomic E-state index is 5.89. The summed E-state index contributed by atoms with van der Waals surface area (Å²) in [7, 11) is 0. The second-order valence-corrected chi connectivity index (χ2v) is 6.00. The molecule has 1 unspecified atom stereocenters. The van der Waals surface area contributed by atoms with Gasteiger partial charge in [-0.05, 0) is 43.4 Å². The van der Waals surface area contributed by atoms with Gasteiger partial charge in [-0.1, -0.05) is 30.1 Å². The third-order valence-electron chi connectivity index (χ3n) is 4.32. The Hall–Kier alpha value is -1.88. The van der Waals surface area contributed by atoms with Crippen molar-refractivity contribution in [2.24, 2.45) is 11.7 Å². The van der Waals surface area contributed by atoms with E-state index in [1.807, 2.05) is 24.3 Å². The lowest BCUT2D eigenvalue weighted by molar-refractivity contribution is 0.252. The van der Waals surface area contributed by atoms with Crippen LogP contribution in [-0.2, 0) is 0 Å². The molecule has 0 aliphatic heterocycles. The molecule has 1 saturated carbocycles. The minimum atomic E-state index is -0.0647. The highest BCUT2D eigenvalue weighted by atomic mass is 16.5. The van der Waals surface area contributed by atoms with Crippen molar-refractivity contribution in [2.75, 3.05) is 13.2 Å². The molecule has 0 radical (unpaired) electrons. The lowest BCUT2D eigenvalue weighted by Crippen LogP contribution is -2.14. The lowest BCUT2D eigenvalue weighted by atomic mass is 9.99. The summed E-state index contributed by atoms with van der Waals surface area (Å²) in [5, 5.41) is 3.84. The SMILES string of the molecule is Cc1noc(C(CN)c2ccc(OCC3CCCC3)cc2)n1. The second kappa shape index (κ2) is 6.92. The molecular formula is C17H23N3O2. The summed E-state index contributed by atoms with van der Waals surface area (Å²) >= 11 is 0. The Morgan fingerprint density at radius 3 is 2.59 bits per heavy atom. The highest BCUT2D eigenvalue weighted by molar-refractivity contribution is 5.32. The van der Waals surface area contributed by atoms with Crippen LogP contribution in [0.3, 0.4) is 0 Å². The molecule has 1 fully saturated rings. The van der Waals surface area contributed by atoms with Crippen LogP contribution in [0.1, 0.15) is 48.9 Å². The molecule has 5 nitrogen and oxygen atoms in total. The normalized spacial score (nSPS) is 16.8. The Morgan fingerprint density at radius 1 is 1.27 bits per heavy atom. The van der Waals surface area contributed by atoms with Gasteiger partial charge < -0.3 is 15.0 Å². The summed E-state index contributed by atoms with van der Waals surface area (Å²) in [6, 6.07) is 8.05. The first-order valence-corrected chi connectivity index (χ1v) is 7.99. The summed E-state index contributed by atoms with van der Waals surface area (Å²) in [4.78, 5) is 4.28. The Balaban J connectivity index is 1.64. The molecule has 2 aromatic rings. The molecule has 5 heteroatoms. The maximum Gasteiger partial charge on any atom is 0.235 e. The summed E-state index contributed by atoms with van der Waals surface area (Å²) in [6.45, 7) is 3.06. The van der Waals surface area contributed by atoms with Crippen molar-refractivity contribution in [2.45, 2.75) is 38.5 Å². The highest BCUT2D eigenvalue weighted by Crippen LogP contribution is 2.27. The van der Waals surface area contributed by atoms with Crippen LogP contribution in [-0.4, -0.2) is 23.3 Å². The largest absolute Gasteiger partial charge is 0.493 e. The summed E-state index contributed by atoms with van der Waals surface area (Å²) in [5.41, 5.74) is 6.94. The summed E-state index contributed by atoms with van der Waals surface area (Å²) in [5.74, 6) is 2.76. The van der Waals surface area contributed by atoms with Crippen molar-refractivity contribution in [1.29, 1.82) is 0 Å². The van der Waals surface area contributed by atoms with Gasteiger partial charge in [0.1, 0.15) is 5.75 Å². The molecule has 0 bridgehead atoms. The van der Waals surface area contributed by atoms with Crippen LogP contribution in [0.25, 0.3) is 0 Å². The minimum Gasteiger partial charge on any atom is -0.493 e. The molecule has 1 aromatic carbocycles. The van der Waals surface area contributed by atoms with E-state index >= 15 is 0 Å². The van der Waals surface area contributed by atoms with Crippen LogP contribution >= 0.6 is 0 Å². The van der Waals surface area contributed by atoms with Gasteiger partial charge >= 0.3 is 0 Å². The zero-order valence-electron chi connectivity index (χ0n) is 13.0. The Kier molecular flexibility index (Phi) is 4.73. The molecule has 0 spiro atoms. The Morgan fingerprint density at radius 2 is 2.00 bits per heavy atom. The van der Waals surface area contributed by atoms with E-state index in [1.54, 1.807) is 6.92 Å². The van der Waals surface area contributed by atoms with Crippen LogP contribution in [0.4, 0.5) is 0 Å². The molecule has 1 aliphatic carbocycles. The van der Waals surface area contributed by atoms with E-state index in [1.165, 1.54) is 25.7 Å². The van der Waals surface area contributed by atoms with Gasteiger partial charge in [-0.2, -0.15) is 4.98 Å². The fourth-order valence-electron chi connectivity index (χ4n) is 3.02. The topological polar surface area (TPSA) is 74.2 Å². The number of hydrogen-bond donors (Lipinski definition) is 1.